The molecule has 14 heavy (non-hydrogen) atoms. The maximum Gasteiger partial charge on any atom is 0.140 e. The van der Waals surface area contributed by atoms with E-state index < -0.39 is 11.4 Å². The molecule has 0 aromatic heterocycles. The van der Waals surface area contributed by atoms with Crippen LogP contribution in [0.4, 0.5) is 4.39 Å². The van der Waals surface area contributed by atoms with Crippen molar-refractivity contribution in [3.63, 3.8) is 0 Å². The van der Waals surface area contributed by atoms with E-state index in [4.69, 9.17) is 16.1 Å². The first-order valence-electron chi connectivity index (χ1n) is 4.11. The molecule has 0 amide bonds. The molecule has 0 heterocycles. The van der Waals surface area contributed by atoms with Gasteiger partial charge in [-0.05, 0) is 24.6 Å². The minimum absolute atomic E-state index is 0.0624. The van der Waals surface area contributed by atoms with Crippen LogP contribution in [-0.2, 0) is 5.54 Å². The second-order valence-electron chi connectivity index (χ2n) is 3.38. The highest BCUT2D eigenvalue weighted by molar-refractivity contribution is 5.37. The predicted molar refractivity (Wildman–Crippen MR) is 49.7 cm³/mol. The van der Waals surface area contributed by atoms with Crippen LogP contribution in [-0.4, -0.2) is 11.7 Å². The van der Waals surface area contributed by atoms with Gasteiger partial charge in [0.2, 0.25) is 0 Å². The van der Waals surface area contributed by atoms with Crippen molar-refractivity contribution in [2.45, 2.75) is 12.5 Å². The summed E-state index contributed by atoms with van der Waals surface area (Å²) in [7, 11) is 0. The molecule has 3 nitrogen and oxygen atoms in total. The SMILES string of the molecule is CC(N)(CO)c1ccc(F)c(C#N)c1. The Balaban J connectivity index is 3.21. The third kappa shape index (κ3) is 1.90. The number of halogens is 1. The first kappa shape index (κ1) is 10.6. The van der Waals surface area contributed by atoms with Crippen molar-refractivity contribution in [2.24, 2.45) is 5.73 Å². The minimum atomic E-state index is -0.945. The molecule has 1 aromatic carbocycles. The molecule has 0 saturated carbocycles. The molecule has 0 fully saturated rings. The highest BCUT2D eigenvalue weighted by Crippen LogP contribution is 2.19. The van der Waals surface area contributed by atoms with Crippen LogP contribution in [0.15, 0.2) is 18.2 Å². The monoisotopic (exact) mass is 194 g/mol. The van der Waals surface area contributed by atoms with E-state index in [9.17, 15) is 4.39 Å². The first-order chi connectivity index (χ1) is 6.51. The fraction of sp³-hybridized carbons (Fsp3) is 0.300. The topological polar surface area (TPSA) is 70.0 Å². The number of aliphatic hydroxyl groups is 1. The fourth-order valence-electron chi connectivity index (χ4n) is 1.06. The molecule has 0 saturated heterocycles. The van der Waals surface area contributed by atoms with E-state index in [1.165, 1.54) is 18.2 Å². The van der Waals surface area contributed by atoms with E-state index >= 15 is 0 Å². The molecule has 0 spiro atoms. The van der Waals surface area contributed by atoms with Crippen LogP contribution in [0.5, 0.6) is 0 Å². The average molecular weight is 194 g/mol. The van der Waals surface area contributed by atoms with Crippen molar-refractivity contribution in [1.82, 2.24) is 0 Å². The predicted octanol–water partition coefficient (Wildman–Crippen LogP) is 0.864. The normalized spacial score (nSPS) is 14.5. The number of hydrogen-bond acceptors (Lipinski definition) is 3. The van der Waals surface area contributed by atoms with E-state index in [1.54, 1.807) is 13.0 Å². The van der Waals surface area contributed by atoms with Gasteiger partial charge in [-0.2, -0.15) is 5.26 Å². The molecule has 3 N–H and O–H groups in total. The Hall–Kier alpha value is -1.44. The lowest BCUT2D eigenvalue weighted by Gasteiger charge is -2.22. The summed E-state index contributed by atoms with van der Waals surface area (Å²) >= 11 is 0. The summed E-state index contributed by atoms with van der Waals surface area (Å²) in [6, 6.07) is 5.71. The van der Waals surface area contributed by atoms with Crippen molar-refractivity contribution < 1.29 is 9.50 Å². The summed E-state index contributed by atoms with van der Waals surface area (Å²) in [6.45, 7) is 1.35. The third-order valence-corrected chi connectivity index (χ3v) is 2.07. The highest BCUT2D eigenvalue weighted by Gasteiger charge is 2.20. The van der Waals surface area contributed by atoms with Gasteiger partial charge in [0, 0.05) is 0 Å². The lowest BCUT2D eigenvalue weighted by molar-refractivity contribution is 0.210. The zero-order chi connectivity index (χ0) is 10.8. The molecule has 0 aliphatic carbocycles. The molecule has 1 atom stereocenters. The van der Waals surface area contributed by atoms with Gasteiger partial charge in [0.05, 0.1) is 17.7 Å². The van der Waals surface area contributed by atoms with Crippen molar-refractivity contribution in [3.05, 3.63) is 35.1 Å². The van der Waals surface area contributed by atoms with Crippen molar-refractivity contribution >= 4 is 0 Å². The Morgan fingerprint density at radius 2 is 2.29 bits per heavy atom. The van der Waals surface area contributed by atoms with Gasteiger partial charge in [-0.1, -0.05) is 6.07 Å². The zero-order valence-electron chi connectivity index (χ0n) is 7.79. The molecule has 1 unspecified atom stereocenters. The maximum atomic E-state index is 12.9. The van der Waals surface area contributed by atoms with Gasteiger partial charge in [-0.3, -0.25) is 0 Å². The largest absolute Gasteiger partial charge is 0.394 e. The van der Waals surface area contributed by atoms with Gasteiger partial charge in [-0.25, -0.2) is 4.39 Å². The number of nitriles is 1. The Morgan fingerprint density at radius 3 is 2.79 bits per heavy atom. The van der Waals surface area contributed by atoms with E-state index in [-0.39, 0.29) is 12.2 Å². The van der Waals surface area contributed by atoms with Crippen molar-refractivity contribution in [2.75, 3.05) is 6.61 Å². The van der Waals surface area contributed by atoms with Crippen LogP contribution in [0.25, 0.3) is 0 Å². The Kier molecular flexibility index (Phi) is 2.84. The molecule has 1 rings (SSSR count). The molecular weight excluding hydrogens is 183 g/mol. The maximum absolute atomic E-state index is 12.9. The molecular formula is C10H11FN2O. The third-order valence-electron chi connectivity index (χ3n) is 2.07. The smallest absolute Gasteiger partial charge is 0.140 e. The molecule has 0 radical (unpaired) electrons. The number of aliphatic hydroxyl groups excluding tert-OH is 1. The van der Waals surface area contributed by atoms with Gasteiger partial charge in [0.1, 0.15) is 11.9 Å². The van der Waals surface area contributed by atoms with Crippen LogP contribution in [0.1, 0.15) is 18.1 Å². The van der Waals surface area contributed by atoms with Crippen LogP contribution < -0.4 is 5.73 Å². The number of nitrogens with two attached hydrogens (primary N) is 1. The van der Waals surface area contributed by atoms with E-state index in [0.717, 1.165) is 0 Å². The van der Waals surface area contributed by atoms with Gasteiger partial charge < -0.3 is 10.8 Å². The summed E-state index contributed by atoms with van der Waals surface area (Å²) in [4.78, 5) is 0. The van der Waals surface area contributed by atoms with Gasteiger partial charge in [-0.15, -0.1) is 0 Å². The second kappa shape index (κ2) is 3.74. The van der Waals surface area contributed by atoms with Crippen molar-refractivity contribution in [3.8, 4) is 6.07 Å². The van der Waals surface area contributed by atoms with E-state index in [0.29, 0.717) is 5.56 Å². The average Bonchev–Trinajstić information content (AvgIpc) is 2.18. The van der Waals surface area contributed by atoms with Crippen molar-refractivity contribution in [1.29, 1.82) is 5.26 Å². The molecule has 4 heteroatoms. The molecule has 0 aliphatic rings. The lowest BCUT2D eigenvalue weighted by atomic mass is 9.93. The number of benzene rings is 1. The quantitative estimate of drug-likeness (QED) is 0.733. The summed E-state index contributed by atoms with van der Waals surface area (Å²) < 4.78 is 12.9. The lowest BCUT2D eigenvalue weighted by Crippen LogP contribution is -2.37. The second-order valence-corrected chi connectivity index (χ2v) is 3.38. The van der Waals surface area contributed by atoms with Crippen LogP contribution in [0, 0.1) is 17.1 Å². The summed E-state index contributed by atoms with van der Waals surface area (Å²) in [5.41, 5.74) is 5.26. The van der Waals surface area contributed by atoms with E-state index in [2.05, 4.69) is 0 Å². The summed E-state index contributed by atoms with van der Waals surface area (Å²) in [5, 5.41) is 17.6. The van der Waals surface area contributed by atoms with Crippen LogP contribution >= 0.6 is 0 Å². The van der Waals surface area contributed by atoms with Crippen LogP contribution in [0.2, 0.25) is 0 Å². The Labute approximate surface area is 81.6 Å². The van der Waals surface area contributed by atoms with Crippen LogP contribution in [0.3, 0.4) is 0 Å². The first-order valence-corrected chi connectivity index (χ1v) is 4.11. The number of rotatable bonds is 2. The minimum Gasteiger partial charge on any atom is -0.394 e. The zero-order valence-corrected chi connectivity index (χ0v) is 7.79. The highest BCUT2D eigenvalue weighted by atomic mass is 19.1. The van der Waals surface area contributed by atoms with Gasteiger partial charge in [0.15, 0.2) is 0 Å². The summed E-state index contributed by atoms with van der Waals surface area (Å²) in [6.07, 6.45) is 0. The molecule has 0 aliphatic heterocycles. The standard InChI is InChI=1S/C10H11FN2O/c1-10(13,6-14)8-2-3-9(11)7(4-8)5-12/h2-4,14H,6,13H2,1H3. The fourth-order valence-corrected chi connectivity index (χ4v) is 1.06. The molecule has 74 valence electrons. The Morgan fingerprint density at radius 1 is 1.64 bits per heavy atom. The van der Waals surface area contributed by atoms with Gasteiger partial charge in [0.25, 0.3) is 0 Å². The molecule has 1 aromatic rings. The summed E-state index contributed by atoms with van der Waals surface area (Å²) in [5.74, 6) is -0.579. The van der Waals surface area contributed by atoms with Gasteiger partial charge >= 0.3 is 0 Å². The van der Waals surface area contributed by atoms with E-state index in [1.807, 2.05) is 0 Å². The molecule has 0 bridgehead atoms. The Bertz CT molecular complexity index is 382. The number of hydrogen-bond donors (Lipinski definition) is 2. The number of nitrogens with zero attached hydrogens (tertiary/aromatic N) is 1.